The van der Waals surface area contributed by atoms with E-state index in [4.69, 9.17) is 0 Å². The zero-order valence-corrected chi connectivity index (χ0v) is 17.0. The van der Waals surface area contributed by atoms with E-state index in [-0.39, 0.29) is 36.2 Å². The molecule has 0 spiro atoms. The maximum Gasteiger partial charge on any atom is 0.275 e. The highest BCUT2D eigenvalue weighted by molar-refractivity contribution is 5.81. The third-order valence-electron chi connectivity index (χ3n) is 5.43. The molecule has 1 aromatic carbocycles. The topological polar surface area (TPSA) is 98.9 Å². The second-order valence-electron chi connectivity index (χ2n) is 7.86. The van der Waals surface area contributed by atoms with Gasteiger partial charge in [0.25, 0.3) is 11.1 Å². The van der Waals surface area contributed by atoms with Crippen LogP contribution in [-0.4, -0.2) is 31.5 Å². The minimum atomic E-state index is -0.338. The molecule has 2 heterocycles. The summed E-state index contributed by atoms with van der Waals surface area (Å²) in [7, 11) is 0. The van der Waals surface area contributed by atoms with Crippen molar-refractivity contribution in [3.63, 3.8) is 0 Å². The fourth-order valence-corrected chi connectivity index (χ4v) is 3.91. The van der Waals surface area contributed by atoms with Crippen molar-refractivity contribution < 1.29 is 4.79 Å². The van der Waals surface area contributed by atoms with E-state index in [1.807, 2.05) is 19.1 Å². The number of amides is 1. The normalized spacial score (nSPS) is 14.7. The van der Waals surface area contributed by atoms with Gasteiger partial charge in [0.1, 0.15) is 6.54 Å². The van der Waals surface area contributed by atoms with E-state index in [1.54, 1.807) is 24.4 Å². The van der Waals surface area contributed by atoms with Gasteiger partial charge in [-0.25, -0.2) is 9.36 Å². The predicted octanol–water partition coefficient (Wildman–Crippen LogP) is 1.43. The van der Waals surface area contributed by atoms with E-state index in [0.29, 0.717) is 5.39 Å². The van der Waals surface area contributed by atoms with Crippen molar-refractivity contribution >= 4 is 16.7 Å². The number of nitrogens with one attached hydrogen (secondary N) is 1. The molecule has 1 N–H and O–H groups in total. The smallest absolute Gasteiger partial charge is 0.275 e. The Hall–Kier alpha value is -3.29. The highest BCUT2D eigenvalue weighted by atomic mass is 16.2. The molecule has 8 heteroatoms. The van der Waals surface area contributed by atoms with Crippen molar-refractivity contribution in [3.05, 3.63) is 68.5 Å². The van der Waals surface area contributed by atoms with E-state index in [0.717, 1.165) is 53.4 Å². The summed E-state index contributed by atoms with van der Waals surface area (Å²) in [5.41, 5.74) is 1.58. The van der Waals surface area contributed by atoms with Crippen LogP contribution in [0.3, 0.4) is 0 Å². The standard InChI is InChI=1S/C22H25N5O3/c1-15(13-26-21(29)11-16-7-3-2-4-10-19(16)25-26)24-20(28)14-27-22(30)18-9-6-5-8-17(18)12-23-27/h5-6,8-9,11-12,15H,2-4,7,10,13-14H2,1H3,(H,24,28)/t15-/m1/s1. The van der Waals surface area contributed by atoms with Gasteiger partial charge < -0.3 is 5.32 Å². The molecule has 1 amide bonds. The second-order valence-corrected chi connectivity index (χ2v) is 7.86. The average molecular weight is 407 g/mol. The Kier molecular flexibility index (Phi) is 5.74. The van der Waals surface area contributed by atoms with E-state index in [9.17, 15) is 14.4 Å². The Labute approximate surface area is 173 Å². The van der Waals surface area contributed by atoms with Gasteiger partial charge >= 0.3 is 0 Å². The molecule has 0 fully saturated rings. The lowest BCUT2D eigenvalue weighted by Gasteiger charge is -2.16. The molecule has 0 unspecified atom stereocenters. The fraction of sp³-hybridized carbons (Fsp3) is 0.409. The summed E-state index contributed by atoms with van der Waals surface area (Å²) in [5.74, 6) is -0.338. The van der Waals surface area contributed by atoms with Crippen LogP contribution in [0.2, 0.25) is 0 Å². The Bertz CT molecular complexity index is 1200. The lowest BCUT2D eigenvalue weighted by atomic mass is 10.1. The van der Waals surface area contributed by atoms with E-state index in [2.05, 4.69) is 15.5 Å². The first kappa shape index (κ1) is 20.0. The molecule has 4 rings (SSSR count). The maximum absolute atomic E-state index is 12.5. The summed E-state index contributed by atoms with van der Waals surface area (Å²) < 4.78 is 2.58. The molecule has 3 aromatic rings. The van der Waals surface area contributed by atoms with Gasteiger partial charge in [-0.15, -0.1) is 0 Å². The molecule has 0 radical (unpaired) electrons. The Morgan fingerprint density at radius 1 is 1.13 bits per heavy atom. The van der Waals surface area contributed by atoms with Gasteiger partial charge in [0.15, 0.2) is 0 Å². The summed E-state index contributed by atoms with van der Waals surface area (Å²) >= 11 is 0. The van der Waals surface area contributed by atoms with Crippen molar-refractivity contribution in [3.8, 4) is 0 Å². The van der Waals surface area contributed by atoms with Crippen LogP contribution in [0.25, 0.3) is 10.8 Å². The summed E-state index contributed by atoms with van der Waals surface area (Å²) in [6, 6.07) is 8.50. The predicted molar refractivity (Wildman–Crippen MR) is 113 cm³/mol. The summed E-state index contributed by atoms with van der Waals surface area (Å²) in [5, 5.41) is 12.7. The molecular weight excluding hydrogens is 382 g/mol. The van der Waals surface area contributed by atoms with Gasteiger partial charge in [0, 0.05) is 17.5 Å². The molecule has 1 aliphatic carbocycles. The molecule has 0 aliphatic heterocycles. The molecule has 1 atom stereocenters. The Balaban J connectivity index is 1.43. The minimum absolute atomic E-state index is 0.149. The van der Waals surface area contributed by atoms with Crippen molar-refractivity contribution in [2.75, 3.05) is 0 Å². The lowest BCUT2D eigenvalue weighted by Crippen LogP contribution is -2.42. The first-order chi connectivity index (χ1) is 14.5. The zero-order valence-electron chi connectivity index (χ0n) is 17.0. The number of carbonyl (C=O) groups excluding carboxylic acids is 1. The molecule has 0 bridgehead atoms. The molecular formula is C22H25N5O3. The van der Waals surface area contributed by atoms with E-state index >= 15 is 0 Å². The number of benzene rings is 1. The first-order valence-electron chi connectivity index (χ1n) is 10.4. The van der Waals surface area contributed by atoms with Crippen molar-refractivity contribution in [1.82, 2.24) is 24.9 Å². The van der Waals surface area contributed by atoms with Crippen molar-refractivity contribution in [2.45, 2.75) is 58.2 Å². The van der Waals surface area contributed by atoms with E-state index in [1.165, 1.54) is 4.68 Å². The molecule has 1 aliphatic rings. The van der Waals surface area contributed by atoms with Crippen LogP contribution in [0.15, 0.2) is 46.1 Å². The Morgan fingerprint density at radius 3 is 2.80 bits per heavy atom. The van der Waals surface area contributed by atoms with Crippen LogP contribution in [0, 0.1) is 0 Å². The Morgan fingerprint density at radius 2 is 1.93 bits per heavy atom. The largest absolute Gasteiger partial charge is 0.350 e. The summed E-state index contributed by atoms with van der Waals surface area (Å²) in [4.78, 5) is 37.4. The molecule has 156 valence electrons. The number of fused-ring (bicyclic) bond motifs is 2. The quantitative estimate of drug-likeness (QED) is 0.645. The van der Waals surface area contributed by atoms with Gasteiger partial charge in [-0.1, -0.05) is 24.6 Å². The number of nitrogens with zero attached hydrogens (tertiary/aromatic N) is 4. The molecule has 0 saturated carbocycles. The zero-order chi connectivity index (χ0) is 21.1. The summed E-state index contributed by atoms with van der Waals surface area (Å²) in [6.07, 6.45) is 6.68. The number of aromatic nitrogens is 4. The highest BCUT2D eigenvalue weighted by Crippen LogP contribution is 2.16. The fourth-order valence-electron chi connectivity index (χ4n) is 3.91. The maximum atomic E-state index is 12.5. The van der Waals surface area contributed by atoms with Crippen LogP contribution in [0.1, 0.15) is 37.4 Å². The molecule has 30 heavy (non-hydrogen) atoms. The van der Waals surface area contributed by atoms with Gasteiger partial charge in [-0.2, -0.15) is 10.2 Å². The second kappa shape index (κ2) is 8.61. The number of hydrogen-bond donors (Lipinski definition) is 1. The van der Waals surface area contributed by atoms with Crippen LogP contribution in [-0.2, 0) is 30.7 Å². The molecule has 0 saturated heterocycles. The van der Waals surface area contributed by atoms with Crippen molar-refractivity contribution in [2.24, 2.45) is 0 Å². The van der Waals surface area contributed by atoms with Crippen LogP contribution < -0.4 is 16.4 Å². The lowest BCUT2D eigenvalue weighted by molar-refractivity contribution is -0.122. The minimum Gasteiger partial charge on any atom is -0.350 e. The third-order valence-corrected chi connectivity index (χ3v) is 5.43. The van der Waals surface area contributed by atoms with Gasteiger partial charge in [0.05, 0.1) is 23.8 Å². The molecule has 2 aromatic heterocycles. The number of carbonyl (C=O) groups is 1. The molecule has 8 nitrogen and oxygen atoms in total. The van der Waals surface area contributed by atoms with Crippen LogP contribution in [0.4, 0.5) is 0 Å². The average Bonchev–Trinajstić information content (AvgIpc) is 2.95. The van der Waals surface area contributed by atoms with Gasteiger partial charge in [-0.3, -0.25) is 14.4 Å². The van der Waals surface area contributed by atoms with Crippen LogP contribution >= 0.6 is 0 Å². The van der Waals surface area contributed by atoms with E-state index < -0.39 is 0 Å². The van der Waals surface area contributed by atoms with Crippen LogP contribution in [0.5, 0.6) is 0 Å². The number of hydrogen-bond acceptors (Lipinski definition) is 5. The summed E-state index contributed by atoms with van der Waals surface area (Å²) in [6.45, 7) is 1.91. The third kappa shape index (κ3) is 4.32. The number of aryl methyl sites for hydroxylation is 2. The van der Waals surface area contributed by atoms with Gasteiger partial charge in [0.2, 0.25) is 5.91 Å². The van der Waals surface area contributed by atoms with Crippen molar-refractivity contribution in [1.29, 1.82) is 0 Å². The monoisotopic (exact) mass is 407 g/mol. The number of rotatable bonds is 5. The highest BCUT2D eigenvalue weighted by Gasteiger charge is 2.15. The first-order valence-corrected chi connectivity index (χ1v) is 10.4. The van der Waals surface area contributed by atoms with Gasteiger partial charge in [-0.05, 0) is 44.2 Å². The SMILES string of the molecule is C[C@H](Cn1nc2c(cc1=O)CCCCC2)NC(=O)Cn1ncc2ccccc2c1=O.